The molecule has 0 spiro atoms. The molecule has 0 bridgehead atoms. The molecule has 3 heteroatoms. The minimum Gasteiger partial charge on any atom is -0.326 e. The molecule has 1 aliphatic rings. The molecule has 3 nitrogen and oxygen atoms in total. The zero-order chi connectivity index (χ0) is 14.7. The summed E-state index contributed by atoms with van der Waals surface area (Å²) in [5, 5.41) is 3.52. The first-order chi connectivity index (χ1) is 10.3. The van der Waals surface area contributed by atoms with Crippen LogP contribution in [-0.4, -0.2) is 18.1 Å². The maximum absolute atomic E-state index is 4.64. The van der Waals surface area contributed by atoms with E-state index in [1.54, 1.807) is 0 Å². The molecule has 0 saturated carbocycles. The lowest BCUT2D eigenvalue weighted by atomic mass is 10.1. The zero-order valence-corrected chi connectivity index (χ0v) is 12.8. The minimum absolute atomic E-state index is 0.664. The summed E-state index contributed by atoms with van der Waals surface area (Å²) in [5.74, 6) is 1.76. The van der Waals surface area contributed by atoms with Crippen molar-refractivity contribution in [2.45, 2.75) is 26.8 Å². The van der Waals surface area contributed by atoms with Crippen molar-refractivity contribution in [2.75, 3.05) is 18.0 Å². The molecule has 0 radical (unpaired) electrons. The van der Waals surface area contributed by atoms with Gasteiger partial charge in [0.1, 0.15) is 5.82 Å². The number of anilines is 2. The summed E-state index contributed by atoms with van der Waals surface area (Å²) in [5.41, 5.74) is 4.00. The lowest BCUT2D eigenvalue weighted by Gasteiger charge is -2.21. The maximum Gasteiger partial charge on any atom is 0.137 e. The Balaban J connectivity index is 1.83. The van der Waals surface area contributed by atoms with Gasteiger partial charge in [-0.3, -0.25) is 0 Å². The molecule has 0 fully saturated rings. The fourth-order valence-corrected chi connectivity index (χ4v) is 2.87. The predicted octanol–water partition coefficient (Wildman–Crippen LogP) is 3.52. The number of para-hydroxylation sites is 1. The summed E-state index contributed by atoms with van der Waals surface area (Å²) >= 11 is 0. The molecule has 0 unspecified atom stereocenters. The summed E-state index contributed by atoms with van der Waals surface area (Å²) in [7, 11) is 0. The molecule has 0 atom stereocenters. The Labute approximate surface area is 127 Å². The van der Waals surface area contributed by atoms with Gasteiger partial charge in [-0.1, -0.05) is 38.1 Å². The van der Waals surface area contributed by atoms with Crippen molar-refractivity contribution in [1.29, 1.82) is 0 Å². The molecule has 3 rings (SSSR count). The first-order valence-corrected chi connectivity index (χ1v) is 7.76. The molecule has 2 heterocycles. The fourth-order valence-electron chi connectivity index (χ4n) is 2.87. The Morgan fingerprint density at radius 1 is 1.19 bits per heavy atom. The lowest BCUT2D eigenvalue weighted by molar-refractivity contribution is 0.552. The standard InChI is InChI=1S/C18H23N3/c1-14(2)12-19-13-16-7-5-10-20-18(16)21-11-9-15-6-3-4-8-17(15)21/h3-8,10,14,19H,9,11-13H2,1-2H3. The van der Waals surface area contributed by atoms with Crippen molar-refractivity contribution in [3.8, 4) is 0 Å². The van der Waals surface area contributed by atoms with E-state index < -0.39 is 0 Å². The molecule has 0 aliphatic carbocycles. The number of pyridine rings is 1. The van der Waals surface area contributed by atoms with Crippen LogP contribution in [0.4, 0.5) is 11.5 Å². The number of hydrogen-bond acceptors (Lipinski definition) is 3. The van der Waals surface area contributed by atoms with Crippen molar-refractivity contribution in [2.24, 2.45) is 5.92 Å². The molecular formula is C18H23N3. The normalized spacial score (nSPS) is 13.8. The fraction of sp³-hybridized carbons (Fsp3) is 0.389. The average Bonchev–Trinajstić information content (AvgIpc) is 2.91. The number of rotatable bonds is 5. The topological polar surface area (TPSA) is 28.2 Å². The number of nitrogens with zero attached hydrogens (tertiary/aromatic N) is 2. The van der Waals surface area contributed by atoms with Gasteiger partial charge in [0.05, 0.1) is 0 Å². The Morgan fingerprint density at radius 2 is 2.05 bits per heavy atom. The van der Waals surface area contributed by atoms with Crippen LogP contribution in [-0.2, 0) is 13.0 Å². The minimum atomic E-state index is 0.664. The average molecular weight is 281 g/mol. The third-order valence-corrected chi connectivity index (χ3v) is 3.88. The molecule has 1 aromatic heterocycles. The van der Waals surface area contributed by atoms with E-state index in [2.05, 4.69) is 59.4 Å². The molecule has 1 aromatic carbocycles. The number of aromatic nitrogens is 1. The van der Waals surface area contributed by atoms with Gasteiger partial charge in [0.15, 0.2) is 0 Å². The Morgan fingerprint density at radius 3 is 2.90 bits per heavy atom. The third-order valence-electron chi connectivity index (χ3n) is 3.88. The lowest BCUT2D eigenvalue weighted by Crippen LogP contribution is -2.22. The van der Waals surface area contributed by atoms with E-state index in [-0.39, 0.29) is 0 Å². The smallest absolute Gasteiger partial charge is 0.137 e. The quantitative estimate of drug-likeness (QED) is 0.909. The van der Waals surface area contributed by atoms with Crippen molar-refractivity contribution >= 4 is 11.5 Å². The maximum atomic E-state index is 4.64. The van der Waals surface area contributed by atoms with Gasteiger partial charge < -0.3 is 10.2 Å². The van der Waals surface area contributed by atoms with Crippen LogP contribution in [0.5, 0.6) is 0 Å². The Kier molecular flexibility index (Phi) is 4.20. The number of hydrogen-bond donors (Lipinski definition) is 1. The van der Waals surface area contributed by atoms with E-state index in [0.717, 1.165) is 31.9 Å². The van der Waals surface area contributed by atoms with Gasteiger partial charge in [-0.2, -0.15) is 0 Å². The van der Waals surface area contributed by atoms with Gasteiger partial charge in [-0.05, 0) is 36.6 Å². The highest BCUT2D eigenvalue weighted by Gasteiger charge is 2.22. The summed E-state index contributed by atoms with van der Waals surface area (Å²) in [6, 6.07) is 12.8. The van der Waals surface area contributed by atoms with Gasteiger partial charge in [0.2, 0.25) is 0 Å². The highest BCUT2D eigenvalue weighted by atomic mass is 15.2. The second kappa shape index (κ2) is 6.27. The summed E-state index contributed by atoms with van der Waals surface area (Å²) in [6.07, 6.45) is 2.99. The first-order valence-electron chi connectivity index (χ1n) is 7.76. The van der Waals surface area contributed by atoms with Crippen molar-refractivity contribution in [3.05, 3.63) is 53.7 Å². The monoisotopic (exact) mass is 281 g/mol. The molecule has 0 amide bonds. The van der Waals surface area contributed by atoms with Crippen LogP contribution in [0.15, 0.2) is 42.6 Å². The van der Waals surface area contributed by atoms with E-state index in [1.165, 1.54) is 16.8 Å². The SMILES string of the molecule is CC(C)CNCc1cccnc1N1CCc2ccccc21. The predicted molar refractivity (Wildman–Crippen MR) is 87.9 cm³/mol. The van der Waals surface area contributed by atoms with Gasteiger partial charge in [0.25, 0.3) is 0 Å². The Bertz CT molecular complexity index is 607. The van der Waals surface area contributed by atoms with Crippen molar-refractivity contribution in [1.82, 2.24) is 10.3 Å². The molecule has 0 saturated heterocycles. The largest absolute Gasteiger partial charge is 0.326 e. The van der Waals surface area contributed by atoms with E-state index >= 15 is 0 Å². The first kappa shape index (κ1) is 14.1. The highest BCUT2D eigenvalue weighted by molar-refractivity contribution is 5.69. The van der Waals surface area contributed by atoms with E-state index in [4.69, 9.17) is 0 Å². The number of fused-ring (bicyclic) bond motifs is 1. The summed E-state index contributed by atoms with van der Waals surface area (Å²) in [6.45, 7) is 7.39. The van der Waals surface area contributed by atoms with Crippen LogP contribution in [0, 0.1) is 5.92 Å². The second-order valence-electron chi connectivity index (χ2n) is 6.04. The van der Waals surface area contributed by atoms with E-state index in [0.29, 0.717) is 5.92 Å². The molecule has 2 aromatic rings. The van der Waals surface area contributed by atoms with Crippen LogP contribution >= 0.6 is 0 Å². The molecule has 110 valence electrons. The van der Waals surface area contributed by atoms with Crippen LogP contribution in [0.1, 0.15) is 25.0 Å². The number of nitrogens with one attached hydrogen (secondary N) is 1. The van der Waals surface area contributed by atoms with Crippen LogP contribution in [0.25, 0.3) is 0 Å². The van der Waals surface area contributed by atoms with Crippen LogP contribution < -0.4 is 10.2 Å². The number of benzene rings is 1. The third kappa shape index (κ3) is 3.08. The zero-order valence-electron chi connectivity index (χ0n) is 12.8. The highest BCUT2D eigenvalue weighted by Crippen LogP contribution is 2.34. The summed E-state index contributed by atoms with van der Waals surface area (Å²) in [4.78, 5) is 6.99. The van der Waals surface area contributed by atoms with Gasteiger partial charge in [-0.25, -0.2) is 4.98 Å². The van der Waals surface area contributed by atoms with Gasteiger partial charge in [0, 0.05) is 30.5 Å². The van der Waals surface area contributed by atoms with Gasteiger partial charge in [-0.15, -0.1) is 0 Å². The van der Waals surface area contributed by atoms with Crippen LogP contribution in [0.2, 0.25) is 0 Å². The molecule has 21 heavy (non-hydrogen) atoms. The molecule has 1 aliphatic heterocycles. The van der Waals surface area contributed by atoms with Gasteiger partial charge >= 0.3 is 0 Å². The van der Waals surface area contributed by atoms with E-state index in [9.17, 15) is 0 Å². The van der Waals surface area contributed by atoms with Crippen molar-refractivity contribution in [3.63, 3.8) is 0 Å². The Hall–Kier alpha value is -1.87. The van der Waals surface area contributed by atoms with E-state index in [1.807, 2.05) is 12.3 Å². The molecular weight excluding hydrogens is 258 g/mol. The summed E-state index contributed by atoms with van der Waals surface area (Å²) < 4.78 is 0. The van der Waals surface area contributed by atoms with Crippen LogP contribution in [0.3, 0.4) is 0 Å². The van der Waals surface area contributed by atoms with Crippen molar-refractivity contribution < 1.29 is 0 Å². The second-order valence-corrected chi connectivity index (χ2v) is 6.04. The molecule has 1 N–H and O–H groups in total.